The van der Waals surface area contributed by atoms with Crippen LogP contribution in [0.25, 0.3) is 0 Å². The van der Waals surface area contributed by atoms with Crippen molar-refractivity contribution in [3.8, 4) is 0 Å². The third-order valence-corrected chi connectivity index (χ3v) is 4.23. The van der Waals surface area contributed by atoms with Gasteiger partial charge in [0.05, 0.1) is 6.10 Å². The molecule has 90 valence electrons. The number of aliphatic hydroxyl groups is 1. The Morgan fingerprint density at radius 3 is 2.27 bits per heavy atom. The summed E-state index contributed by atoms with van der Waals surface area (Å²) in [5.74, 6) is 0.378. The Kier molecular flexibility index (Phi) is 4.60. The van der Waals surface area contributed by atoms with Gasteiger partial charge in [0.15, 0.2) is 0 Å². The molecule has 2 nitrogen and oxygen atoms in total. The third-order valence-electron chi connectivity index (χ3n) is 4.23. The van der Waals surface area contributed by atoms with E-state index in [0.29, 0.717) is 11.3 Å². The average molecular weight is 213 g/mol. The fraction of sp³-hybridized carbons (Fsp3) is 1.00. The zero-order valence-corrected chi connectivity index (χ0v) is 10.8. The smallest absolute Gasteiger partial charge is 0.0689 e. The molecule has 1 N–H and O–H groups in total. The van der Waals surface area contributed by atoms with Crippen LogP contribution >= 0.6 is 0 Å². The van der Waals surface area contributed by atoms with Crippen molar-refractivity contribution in [1.29, 1.82) is 0 Å². The summed E-state index contributed by atoms with van der Waals surface area (Å²) in [7, 11) is 0. The van der Waals surface area contributed by atoms with Crippen LogP contribution in [0.3, 0.4) is 0 Å². The second-order valence-electron chi connectivity index (χ2n) is 5.50. The summed E-state index contributed by atoms with van der Waals surface area (Å²) in [6, 6.07) is 0. The molecule has 1 heterocycles. The van der Waals surface area contributed by atoms with Crippen LogP contribution in [0.15, 0.2) is 0 Å². The maximum Gasteiger partial charge on any atom is 0.0689 e. The highest BCUT2D eigenvalue weighted by Crippen LogP contribution is 2.36. The molecule has 15 heavy (non-hydrogen) atoms. The zero-order chi connectivity index (χ0) is 11.5. The minimum Gasteiger partial charge on any atom is -0.392 e. The SMILES string of the molecule is CCC1(CC)CCN(CC(O)C(C)C)C1. The molecule has 1 unspecified atom stereocenters. The lowest BCUT2D eigenvalue weighted by molar-refractivity contribution is 0.0798. The maximum atomic E-state index is 9.86. The first kappa shape index (κ1) is 13.0. The number of nitrogens with zero attached hydrogens (tertiary/aromatic N) is 1. The van der Waals surface area contributed by atoms with Gasteiger partial charge in [0, 0.05) is 13.1 Å². The Hall–Kier alpha value is -0.0800. The fourth-order valence-corrected chi connectivity index (χ4v) is 2.49. The highest BCUT2D eigenvalue weighted by molar-refractivity contribution is 4.88. The monoisotopic (exact) mass is 213 g/mol. The second-order valence-corrected chi connectivity index (χ2v) is 5.50. The van der Waals surface area contributed by atoms with E-state index in [0.717, 1.165) is 6.54 Å². The molecule has 0 aliphatic carbocycles. The molecule has 0 radical (unpaired) electrons. The molecule has 1 atom stereocenters. The Labute approximate surface area is 94.7 Å². The third kappa shape index (κ3) is 3.18. The molecule has 1 rings (SSSR count). The van der Waals surface area contributed by atoms with E-state index in [-0.39, 0.29) is 6.10 Å². The van der Waals surface area contributed by atoms with Gasteiger partial charge < -0.3 is 10.0 Å². The van der Waals surface area contributed by atoms with E-state index < -0.39 is 0 Å². The predicted octanol–water partition coefficient (Wildman–Crippen LogP) is 2.52. The maximum absolute atomic E-state index is 9.86. The minimum absolute atomic E-state index is 0.158. The summed E-state index contributed by atoms with van der Waals surface area (Å²) in [6.07, 6.45) is 3.70. The second kappa shape index (κ2) is 5.31. The van der Waals surface area contributed by atoms with Gasteiger partial charge in [-0.15, -0.1) is 0 Å². The molecule has 0 amide bonds. The first-order valence-corrected chi connectivity index (χ1v) is 6.43. The highest BCUT2D eigenvalue weighted by Gasteiger charge is 2.35. The van der Waals surface area contributed by atoms with Gasteiger partial charge in [-0.3, -0.25) is 0 Å². The summed E-state index contributed by atoms with van der Waals surface area (Å²) in [4.78, 5) is 2.44. The van der Waals surface area contributed by atoms with Crippen LogP contribution in [0, 0.1) is 11.3 Å². The van der Waals surface area contributed by atoms with Gasteiger partial charge in [0.1, 0.15) is 0 Å². The summed E-state index contributed by atoms with van der Waals surface area (Å²) < 4.78 is 0. The lowest BCUT2D eigenvalue weighted by Crippen LogP contribution is -2.35. The van der Waals surface area contributed by atoms with Crippen LogP contribution in [-0.2, 0) is 0 Å². The lowest BCUT2D eigenvalue weighted by Gasteiger charge is -2.28. The van der Waals surface area contributed by atoms with Crippen molar-refractivity contribution in [3.63, 3.8) is 0 Å². The molecule has 2 heteroatoms. The van der Waals surface area contributed by atoms with Crippen molar-refractivity contribution >= 4 is 0 Å². The molecule has 0 spiro atoms. The molecule has 0 bridgehead atoms. The van der Waals surface area contributed by atoms with Gasteiger partial charge in [-0.1, -0.05) is 27.7 Å². The van der Waals surface area contributed by atoms with Gasteiger partial charge >= 0.3 is 0 Å². The Morgan fingerprint density at radius 2 is 1.87 bits per heavy atom. The van der Waals surface area contributed by atoms with E-state index >= 15 is 0 Å². The summed E-state index contributed by atoms with van der Waals surface area (Å²) in [5.41, 5.74) is 0.538. The molecule has 0 saturated carbocycles. The normalized spacial score (nSPS) is 23.6. The largest absolute Gasteiger partial charge is 0.392 e. The van der Waals surface area contributed by atoms with Crippen molar-refractivity contribution < 1.29 is 5.11 Å². The van der Waals surface area contributed by atoms with Crippen molar-refractivity contribution in [2.24, 2.45) is 11.3 Å². The number of rotatable bonds is 5. The van der Waals surface area contributed by atoms with E-state index in [1.807, 2.05) is 0 Å². The first-order valence-electron chi connectivity index (χ1n) is 6.43. The number of aliphatic hydroxyl groups excluding tert-OH is 1. The van der Waals surface area contributed by atoms with E-state index in [1.54, 1.807) is 0 Å². The van der Waals surface area contributed by atoms with Gasteiger partial charge in [-0.25, -0.2) is 0 Å². The van der Waals surface area contributed by atoms with Gasteiger partial charge in [0.2, 0.25) is 0 Å². The van der Waals surface area contributed by atoms with Crippen LogP contribution in [0.2, 0.25) is 0 Å². The van der Waals surface area contributed by atoms with Crippen molar-refractivity contribution in [3.05, 3.63) is 0 Å². The van der Waals surface area contributed by atoms with Crippen molar-refractivity contribution in [1.82, 2.24) is 4.90 Å². The van der Waals surface area contributed by atoms with Gasteiger partial charge in [-0.2, -0.15) is 0 Å². The van der Waals surface area contributed by atoms with E-state index in [4.69, 9.17) is 0 Å². The molecule has 1 aliphatic rings. The minimum atomic E-state index is -0.158. The Bertz CT molecular complexity index is 187. The molecule has 1 saturated heterocycles. The van der Waals surface area contributed by atoms with Crippen LogP contribution in [0.5, 0.6) is 0 Å². The summed E-state index contributed by atoms with van der Waals surface area (Å²) >= 11 is 0. The molecule has 1 fully saturated rings. The topological polar surface area (TPSA) is 23.5 Å². The number of hydrogen-bond donors (Lipinski definition) is 1. The Balaban J connectivity index is 2.42. The lowest BCUT2D eigenvalue weighted by atomic mass is 9.82. The van der Waals surface area contributed by atoms with Crippen molar-refractivity contribution in [2.75, 3.05) is 19.6 Å². The van der Waals surface area contributed by atoms with Crippen LogP contribution < -0.4 is 0 Å². The number of likely N-dealkylation sites (tertiary alicyclic amines) is 1. The predicted molar refractivity (Wildman–Crippen MR) is 64.9 cm³/mol. The molecular formula is C13H27NO. The molecule has 0 aromatic heterocycles. The zero-order valence-electron chi connectivity index (χ0n) is 10.8. The van der Waals surface area contributed by atoms with Crippen LogP contribution in [-0.4, -0.2) is 35.7 Å². The van der Waals surface area contributed by atoms with Crippen molar-refractivity contribution in [2.45, 2.75) is 53.1 Å². The summed E-state index contributed by atoms with van der Waals surface area (Å²) in [5, 5.41) is 9.86. The van der Waals surface area contributed by atoms with Gasteiger partial charge in [-0.05, 0) is 37.1 Å². The fourth-order valence-electron chi connectivity index (χ4n) is 2.49. The molecular weight excluding hydrogens is 186 g/mol. The van der Waals surface area contributed by atoms with Crippen LogP contribution in [0.1, 0.15) is 47.0 Å². The molecule has 0 aromatic rings. The first-order chi connectivity index (χ1) is 7.03. The average Bonchev–Trinajstić information content (AvgIpc) is 2.62. The molecule has 0 aromatic carbocycles. The Morgan fingerprint density at radius 1 is 1.27 bits per heavy atom. The van der Waals surface area contributed by atoms with E-state index in [9.17, 15) is 5.11 Å². The summed E-state index contributed by atoms with van der Waals surface area (Å²) in [6.45, 7) is 12.0. The standard InChI is InChI=1S/C13H27NO/c1-5-13(6-2)7-8-14(10-13)9-12(15)11(3)4/h11-12,15H,5-10H2,1-4H3. The number of β-amino-alcohol motifs (C(OH)–C–C–N with tert-alkyl or cyclic N) is 1. The number of hydrogen-bond acceptors (Lipinski definition) is 2. The van der Waals surface area contributed by atoms with E-state index in [1.165, 1.54) is 32.4 Å². The molecule has 1 aliphatic heterocycles. The quantitative estimate of drug-likeness (QED) is 0.758. The van der Waals surface area contributed by atoms with Crippen LogP contribution in [0.4, 0.5) is 0 Å². The van der Waals surface area contributed by atoms with Gasteiger partial charge in [0.25, 0.3) is 0 Å². The highest BCUT2D eigenvalue weighted by atomic mass is 16.3. The van der Waals surface area contributed by atoms with E-state index in [2.05, 4.69) is 32.6 Å².